The zero-order valence-corrected chi connectivity index (χ0v) is 12.7. The second-order valence-corrected chi connectivity index (χ2v) is 6.11. The van der Waals surface area contributed by atoms with Gasteiger partial charge in [-0.25, -0.2) is 4.98 Å². The molecule has 2 heterocycles. The Hall–Kier alpha value is -1.62. The summed E-state index contributed by atoms with van der Waals surface area (Å²) in [5.74, 6) is 0.0429. The lowest BCUT2D eigenvalue weighted by Crippen LogP contribution is -2.21. The molecule has 108 valence electrons. The van der Waals surface area contributed by atoms with Crippen molar-refractivity contribution in [1.29, 1.82) is 0 Å². The number of nitrogens with zero attached hydrogens (tertiary/aromatic N) is 2. The lowest BCUT2D eigenvalue weighted by Gasteiger charge is -2.01. The van der Waals surface area contributed by atoms with Crippen LogP contribution in [0.3, 0.4) is 0 Å². The van der Waals surface area contributed by atoms with Crippen LogP contribution >= 0.6 is 11.3 Å². The van der Waals surface area contributed by atoms with Gasteiger partial charge in [0.15, 0.2) is 0 Å². The van der Waals surface area contributed by atoms with Gasteiger partial charge in [0.05, 0.1) is 6.33 Å². The fourth-order valence-electron chi connectivity index (χ4n) is 2.07. The molecule has 0 aliphatic heterocycles. The highest BCUT2D eigenvalue weighted by Gasteiger charge is 2.01. The Labute approximate surface area is 123 Å². The molecule has 0 saturated heterocycles. The van der Waals surface area contributed by atoms with E-state index in [2.05, 4.69) is 27.0 Å². The smallest absolute Gasteiger partial charge is 0.216 e. The van der Waals surface area contributed by atoms with Gasteiger partial charge in [0, 0.05) is 42.2 Å². The molecule has 0 atom stereocenters. The maximum Gasteiger partial charge on any atom is 0.216 e. The molecule has 5 heteroatoms. The van der Waals surface area contributed by atoms with Crippen molar-refractivity contribution in [1.82, 2.24) is 14.9 Å². The summed E-state index contributed by atoms with van der Waals surface area (Å²) in [6.45, 7) is 3.33. The summed E-state index contributed by atoms with van der Waals surface area (Å²) in [6.07, 6.45) is 10.1. The average Bonchev–Trinajstić information content (AvgIpc) is 3.05. The molecule has 4 nitrogen and oxygen atoms in total. The number of unbranched alkanes of at least 4 members (excludes halogenated alkanes) is 1. The van der Waals surface area contributed by atoms with Crippen LogP contribution in [0.5, 0.6) is 0 Å². The summed E-state index contributed by atoms with van der Waals surface area (Å²) >= 11 is 1.86. The lowest BCUT2D eigenvalue weighted by molar-refractivity contribution is -0.118. The Morgan fingerprint density at radius 3 is 2.80 bits per heavy atom. The molecule has 0 aliphatic carbocycles. The van der Waals surface area contributed by atoms with Crippen molar-refractivity contribution in [2.45, 2.75) is 39.2 Å². The fourth-order valence-corrected chi connectivity index (χ4v) is 3.12. The number of hydrogen-bond donors (Lipinski definition) is 1. The molecule has 0 aromatic carbocycles. The first-order chi connectivity index (χ1) is 9.74. The third-order valence-corrected chi connectivity index (χ3v) is 4.32. The summed E-state index contributed by atoms with van der Waals surface area (Å²) < 4.78 is 2.12. The third kappa shape index (κ3) is 5.17. The summed E-state index contributed by atoms with van der Waals surface area (Å²) in [6, 6.07) is 4.39. The van der Waals surface area contributed by atoms with Crippen LogP contribution in [0.25, 0.3) is 0 Å². The van der Waals surface area contributed by atoms with Crippen molar-refractivity contribution in [3.05, 3.63) is 40.6 Å². The predicted octanol–water partition coefficient (Wildman–Crippen LogP) is 2.65. The highest BCUT2D eigenvalue weighted by Crippen LogP contribution is 2.19. The quantitative estimate of drug-likeness (QED) is 0.760. The van der Waals surface area contributed by atoms with Gasteiger partial charge < -0.3 is 9.88 Å². The maximum absolute atomic E-state index is 10.8. The van der Waals surface area contributed by atoms with E-state index in [9.17, 15) is 4.79 Å². The van der Waals surface area contributed by atoms with E-state index in [0.29, 0.717) is 0 Å². The number of nitrogens with one attached hydrogen (secondary N) is 1. The van der Waals surface area contributed by atoms with Crippen molar-refractivity contribution in [2.24, 2.45) is 0 Å². The second kappa shape index (κ2) is 7.85. The van der Waals surface area contributed by atoms with E-state index in [4.69, 9.17) is 0 Å². The highest BCUT2D eigenvalue weighted by atomic mass is 32.1. The Bertz CT molecular complexity index is 519. The molecule has 20 heavy (non-hydrogen) atoms. The molecule has 0 fully saturated rings. The molecule has 2 aromatic heterocycles. The minimum Gasteiger partial charge on any atom is -0.356 e. The predicted molar refractivity (Wildman–Crippen MR) is 81.9 cm³/mol. The molecule has 0 unspecified atom stereocenters. The summed E-state index contributed by atoms with van der Waals surface area (Å²) in [5, 5.41) is 2.83. The third-order valence-electron chi connectivity index (χ3n) is 3.11. The lowest BCUT2D eigenvalue weighted by atomic mass is 10.2. The number of thiophene rings is 1. The van der Waals surface area contributed by atoms with Crippen LogP contribution in [-0.2, 0) is 24.2 Å². The van der Waals surface area contributed by atoms with Crippen molar-refractivity contribution >= 4 is 17.2 Å². The van der Waals surface area contributed by atoms with Gasteiger partial charge in [0.25, 0.3) is 0 Å². The van der Waals surface area contributed by atoms with Crippen LogP contribution in [0.4, 0.5) is 0 Å². The molecular weight excluding hydrogens is 270 g/mol. The zero-order chi connectivity index (χ0) is 14.2. The van der Waals surface area contributed by atoms with Gasteiger partial charge in [-0.15, -0.1) is 11.3 Å². The van der Waals surface area contributed by atoms with Crippen molar-refractivity contribution in [3.63, 3.8) is 0 Å². The number of aromatic nitrogens is 2. The molecule has 0 saturated carbocycles. The molecule has 0 radical (unpaired) electrons. The SMILES string of the molecule is CC(=O)NCCc1ccc(CCCCn2ccnc2)s1. The van der Waals surface area contributed by atoms with Crippen LogP contribution in [-0.4, -0.2) is 22.0 Å². The number of aryl methyl sites for hydroxylation is 2. The van der Waals surface area contributed by atoms with Gasteiger partial charge in [-0.1, -0.05) is 0 Å². The van der Waals surface area contributed by atoms with E-state index < -0.39 is 0 Å². The normalized spacial score (nSPS) is 10.7. The largest absolute Gasteiger partial charge is 0.356 e. The van der Waals surface area contributed by atoms with E-state index in [-0.39, 0.29) is 5.91 Å². The monoisotopic (exact) mass is 291 g/mol. The van der Waals surface area contributed by atoms with Gasteiger partial charge in [-0.2, -0.15) is 0 Å². The topological polar surface area (TPSA) is 46.9 Å². The Kier molecular flexibility index (Phi) is 5.80. The summed E-state index contributed by atoms with van der Waals surface area (Å²) in [7, 11) is 0. The zero-order valence-electron chi connectivity index (χ0n) is 11.8. The van der Waals surface area contributed by atoms with Crippen LogP contribution in [0.1, 0.15) is 29.5 Å². The number of hydrogen-bond acceptors (Lipinski definition) is 3. The number of carbonyl (C=O) groups is 1. The average molecular weight is 291 g/mol. The minimum atomic E-state index is 0.0429. The van der Waals surface area contributed by atoms with Gasteiger partial charge >= 0.3 is 0 Å². The van der Waals surface area contributed by atoms with Crippen molar-refractivity contribution in [2.75, 3.05) is 6.54 Å². The number of imidazole rings is 1. The van der Waals surface area contributed by atoms with Crippen LogP contribution in [0.2, 0.25) is 0 Å². The van der Waals surface area contributed by atoms with Gasteiger partial charge in [0.2, 0.25) is 5.91 Å². The van der Waals surface area contributed by atoms with Crippen molar-refractivity contribution in [3.8, 4) is 0 Å². The van der Waals surface area contributed by atoms with E-state index in [0.717, 1.165) is 25.9 Å². The molecule has 0 bridgehead atoms. The molecule has 1 amide bonds. The molecule has 0 spiro atoms. The van der Waals surface area contributed by atoms with Crippen molar-refractivity contribution < 1.29 is 4.79 Å². The highest BCUT2D eigenvalue weighted by molar-refractivity contribution is 7.11. The molecular formula is C15H21N3OS. The first-order valence-electron chi connectivity index (χ1n) is 7.02. The van der Waals surface area contributed by atoms with E-state index in [1.165, 1.54) is 22.6 Å². The van der Waals surface area contributed by atoms with Gasteiger partial charge in [-0.3, -0.25) is 4.79 Å². The van der Waals surface area contributed by atoms with Crippen LogP contribution in [0, 0.1) is 0 Å². The first-order valence-corrected chi connectivity index (χ1v) is 7.83. The molecule has 1 N–H and O–H groups in total. The standard InChI is InChI=1S/C15H21N3OS/c1-13(19)17-8-7-15-6-5-14(20-15)4-2-3-10-18-11-9-16-12-18/h5-6,9,11-12H,2-4,7-8,10H2,1H3,(H,17,19). The Morgan fingerprint density at radius 1 is 1.30 bits per heavy atom. The maximum atomic E-state index is 10.8. The second-order valence-electron chi connectivity index (χ2n) is 4.86. The van der Waals surface area contributed by atoms with Crippen LogP contribution in [0.15, 0.2) is 30.9 Å². The number of carbonyl (C=O) groups excluding carboxylic acids is 1. The summed E-state index contributed by atoms with van der Waals surface area (Å²) in [4.78, 5) is 17.6. The first kappa shape index (κ1) is 14.8. The molecule has 2 aromatic rings. The van der Waals surface area contributed by atoms with E-state index in [1.807, 2.05) is 30.1 Å². The molecule has 2 rings (SSSR count). The fraction of sp³-hybridized carbons (Fsp3) is 0.467. The van der Waals surface area contributed by atoms with E-state index >= 15 is 0 Å². The number of amides is 1. The molecule has 0 aliphatic rings. The summed E-state index contributed by atoms with van der Waals surface area (Å²) in [5.41, 5.74) is 0. The Balaban J connectivity index is 1.63. The van der Waals surface area contributed by atoms with E-state index in [1.54, 1.807) is 6.92 Å². The van der Waals surface area contributed by atoms with Gasteiger partial charge in [-0.05, 0) is 37.8 Å². The number of rotatable bonds is 8. The minimum absolute atomic E-state index is 0.0429. The Morgan fingerprint density at radius 2 is 2.10 bits per heavy atom. The van der Waals surface area contributed by atoms with Gasteiger partial charge in [0.1, 0.15) is 0 Å². The van der Waals surface area contributed by atoms with Crippen LogP contribution < -0.4 is 5.32 Å².